The van der Waals surface area contributed by atoms with Gasteiger partial charge in [-0.3, -0.25) is 9.67 Å². The number of halogens is 1. The summed E-state index contributed by atoms with van der Waals surface area (Å²) in [6, 6.07) is 9.92. The van der Waals surface area contributed by atoms with Crippen molar-refractivity contribution in [2.75, 3.05) is 13.7 Å². The Morgan fingerprint density at radius 3 is 2.65 bits per heavy atom. The molecule has 26 heavy (non-hydrogen) atoms. The fraction of sp³-hybridized carbons (Fsp3) is 0.176. The van der Waals surface area contributed by atoms with Crippen molar-refractivity contribution in [2.45, 2.75) is 11.4 Å². The molecule has 0 amide bonds. The van der Waals surface area contributed by atoms with E-state index in [0.717, 1.165) is 11.3 Å². The molecule has 9 heteroatoms. The first kappa shape index (κ1) is 18.4. The van der Waals surface area contributed by atoms with Crippen molar-refractivity contribution in [3.63, 3.8) is 0 Å². The van der Waals surface area contributed by atoms with Gasteiger partial charge >= 0.3 is 0 Å². The van der Waals surface area contributed by atoms with Crippen molar-refractivity contribution in [3.8, 4) is 17.0 Å². The summed E-state index contributed by atoms with van der Waals surface area (Å²) in [7, 11) is -2.19. The van der Waals surface area contributed by atoms with Crippen molar-refractivity contribution in [2.24, 2.45) is 0 Å². The first-order valence-electron chi connectivity index (χ1n) is 7.76. The summed E-state index contributed by atoms with van der Waals surface area (Å²) in [6.07, 6.45) is 5.19. The summed E-state index contributed by atoms with van der Waals surface area (Å²) >= 11 is 5.99. The third-order valence-electron chi connectivity index (χ3n) is 3.68. The third kappa shape index (κ3) is 4.21. The molecule has 2 heterocycles. The summed E-state index contributed by atoms with van der Waals surface area (Å²) in [5, 5.41) is 4.67. The zero-order chi connectivity index (χ0) is 18.6. The van der Waals surface area contributed by atoms with Crippen molar-refractivity contribution in [1.82, 2.24) is 19.5 Å². The lowest BCUT2D eigenvalue weighted by Gasteiger charge is -2.09. The second kappa shape index (κ2) is 7.86. The second-order valence-corrected chi connectivity index (χ2v) is 7.57. The molecule has 0 radical (unpaired) electrons. The van der Waals surface area contributed by atoms with Crippen LogP contribution in [0.2, 0.25) is 5.02 Å². The Morgan fingerprint density at radius 1 is 1.19 bits per heavy atom. The smallest absolute Gasteiger partial charge is 0.240 e. The van der Waals surface area contributed by atoms with Crippen LogP contribution in [0.5, 0.6) is 5.75 Å². The molecule has 136 valence electrons. The topological polar surface area (TPSA) is 86.1 Å². The molecular weight excluding hydrogens is 376 g/mol. The Bertz CT molecular complexity index is 990. The van der Waals surface area contributed by atoms with E-state index in [1.54, 1.807) is 23.3 Å². The minimum atomic E-state index is -3.66. The van der Waals surface area contributed by atoms with E-state index < -0.39 is 10.0 Å². The van der Waals surface area contributed by atoms with Gasteiger partial charge in [0.25, 0.3) is 0 Å². The number of hydrogen-bond acceptors (Lipinski definition) is 5. The van der Waals surface area contributed by atoms with E-state index in [9.17, 15) is 8.42 Å². The van der Waals surface area contributed by atoms with Crippen LogP contribution in [0.3, 0.4) is 0 Å². The van der Waals surface area contributed by atoms with Crippen LogP contribution < -0.4 is 9.46 Å². The highest BCUT2D eigenvalue weighted by atomic mass is 35.5. The zero-order valence-electron chi connectivity index (χ0n) is 14.0. The largest absolute Gasteiger partial charge is 0.495 e. The van der Waals surface area contributed by atoms with Crippen molar-refractivity contribution in [1.29, 1.82) is 0 Å². The third-order valence-corrected chi connectivity index (χ3v) is 5.44. The highest BCUT2D eigenvalue weighted by Crippen LogP contribution is 2.26. The molecule has 0 aliphatic carbocycles. The minimum Gasteiger partial charge on any atom is -0.495 e. The highest BCUT2D eigenvalue weighted by molar-refractivity contribution is 7.89. The van der Waals surface area contributed by atoms with E-state index >= 15 is 0 Å². The maximum Gasteiger partial charge on any atom is 0.240 e. The Labute approximate surface area is 156 Å². The van der Waals surface area contributed by atoms with Crippen molar-refractivity contribution >= 4 is 21.6 Å². The van der Waals surface area contributed by atoms with Gasteiger partial charge in [0.2, 0.25) is 10.0 Å². The Hall–Kier alpha value is -2.42. The first-order valence-corrected chi connectivity index (χ1v) is 9.63. The van der Waals surface area contributed by atoms with Gasteiger partial charge in [-0.1, -0.05) is 11.6 Å². The van der Waals surface area contributed by atoms with Gasteiger partial charge in [0.05, 0.1) is 29.3 Å². The maximum absolute atomic E-state index is 12.4. The van der Waals surface area contributed by atoms with E-state index in [-0.39, 0.29) is 16.5 Å². The van der Waals surface area contributed by atoms with E-state index in [2.05, 4.69) is 14.8 Å². The number of sulfonamides is 1. The Kier molecular flexibility index (Phi) is 5.55. The predicted molar refractivity (Wildman–Crippen MR) is 98.7 cm³/mol. The lowest BCUT2D eigenvalue weighted by molar-refractivity contribution is 0.414. The Balaban J connectivity index is 1.62. The molecule has 3 rings (SSSR count). The predicted octanol–water partition coefficient (Wildman–Crippen LogP) is 2.59. The molecule has 7 nitrogen and oxygen atoms in total. The molecule has 0 unspecified atom stereocenters. The Morgan fingerprint density at radius 2 is 1.96 bits per heavy atom. The molecule has 3 aromatic rings. The molecule has 0 fully saturated rings. The molecule has 0 aliphatic heterocycles. The number of aromatic nitrogens is 3. The van der Waals surface area contributed by atoms with Crippen LogP contribution >= 0.6 is 11.6 Å². The molecule has 1 aromatic carbocycles. The molecule has 0 saturated carbocycles. The average molecular weight is 393 g/mol. The van der Waals surface area contributed by atoms with Gasteiger partial charge < -0.3 is 4.74 Å². The minimum absolute atomic E-state index is 0.0845. The van der Waals surface area contributed by atoms with Crippen LogP contribution in [-0.4, -0.2) is 36.8 Å². The van der Waals surface area contributed by atoms with Gasteiger partial charge in [0.1, 0.15) is 5.75 Å². The molecule has 0 bridgehead atoms. The number of methoxy groups -OCH3 is 1. The quantitative estimate of drug-likeness (QED) is 0.667. The zero-order valence-corrected chi connectivity index (χ0v) is 15.5. The SMILES string of the molecule is COc1ccc(S(=O)(=O)NCCn2ccc(-c3ccncc3)n2)cc1Cl. The number of rotatable bonds is 7. The van der Waals surface area contributed by atoms with Gasteiger partial charge in [-0.15, -0.1) is 0 Å². The average Bonchev–Trinajstić information content (AvgIpc) is 3.11. The monoisotopic (exact) mass is 392 g/mol. The summed E-state index contributed by atoms with van der Waals surface area (Å²) in [5.41, 5.74) is 1.75. The molecule has 0 saturated heterocycles. The summed E-state index contributed by atoms with van der Waals surface area (Å²) in [6.45, 7) is 0.595. The number of nitrogens with one attached hydrogen (secondary N) is 1. The number of pyridine rings is 1. The standard InChI is InChI=1S/C17H17ClN4O3S/c1-25-17-3-2-14(12-15(17)18)26(23,24)20-9-11-22-10-6-16(21-22)13-4-7-19-8-5-13/h2-8,10,12,20H,9,11H2,1H3. The molecule has 0 aliphatic rings. The van der Waals surface area contributed by atoms with Gasteiger partial charge in [-0.2, -0.15) is 5.10 Å². The van der Waals surface area contributed by atoms with Crippen LogP contribution in [0.25, 0.3) is 11.3 Å². The highest BCUT2D eigenvalue weighted by Gasteiger charge is 2.15. The second-order valence-electron chi connectivity index (χ2n) is 5.39. The molecule has 2 aromatic heterocycles. The maximum atomic E-state index is 12.4. The first-order chi connectivity index (χ1) is 12.5. The van der Waals surface area contributed by atoms with Crippen LogP contribution in [-0.2, 0) is 16.6 Å². The lowest BCUT2D eigenvalue weighted by Crippen LogP contribution is -2.27. The van der Waals surface area contributed by atoms with Gasteiger partial charge in [-0.25, -0.2) is 13.1 Å². The van der Waals surface area contributed by atoms with Crippen molar-refractivity contribution in [3.05, 3.63) is 60.0 Å². The van der Waals surface area contributed by atoms with Crippen molar-refractivity contribution < 1.29 is 13.2 Å². The van der Waals surface area contributed by atoms with E-state index in [4.69, 9.17) is 16.3 Å². The van der Waals surface area contributed by atoms with Gasteiger partial charge in [0.15, 0.2) is 0 Å². The number of nitrogens with zero attached hydrogens (tertiary/aromatic N) is 3. The summed E-state index contributed by atoms with van der Waals surface area (Å²) in [4.78, 5) is 4.06. The van der Waals surface area contributed by atoms with Gasteiger partial charge in [0, 0.05) is 30.7 Å². The summed E-state index contributed by atoms with van der Waals surface area (Å²) < 4.78 is 34.0. The van der Waals surface area contributed by atoms with Crippen LogP contribution in [0, 0.1) is 0 Å². The fourth-order valence-corrected chi connectivity index (χ4v) is 3.72. The summed E-state index contributed by atoms with van der Waals surface area (Å²) in [5.74, 6) is 0.422. The number of hydrogen-bond donors (Lipinski definition) is 1. The molecule has 0 spiro atoms. The van der Waals surface area contributed by atoms with Crippen LogP contribution in [0.4, 0.5) is 0 Å². The number of ether oxygens (including phenoxy) is 1. The lowest BCUT2D eigenvalue weighted by atomic mass is 10.2. The normalized spacial score (nSPS) is 11.5. The van der Waals surface area contributed by atoms with E-state index in [1.807, 2.05) is 18.2 Å². The number of benzene rings is 1. The van der Waals surface area contributed by atoms with E-state index in [1.165, 1.54) is 25.3 Å². The van der Waals surface area contributed by atoms with E-state index in [0.29, 0.717) is 12.3 Å². The van der Waals surface area contributed by atoms with Gasteiger partial charge in [-0.05, 0) is 36.4 Å². The fourth-order valence-electron chi connectivity index (χ4n) is 2.36. The molecular formula is C17H17ClN4O3S. The van der Waals surface area contributed by atoms with Crippen LogP contribution in [0.15, 0.2) is 59.9 Å². The van der Waals surface area contributed by atoms with Crippen LogP contribution in [0.1, 0.15) is 0 Å². The molecule has 1 N–H and O–H groups in total. The molecule has 0 atom stereocenters.